The fraction of sp³-hybridized carbons (Fsp3) is 0.545. The lowest BCUT2D eigenvalue weighted by Crippen LogP contribution is -2.34. The van der Waals surface area contributed by atoms with Gasteiger partial charge in [-0.05, 0) is 31.4 Å². The molecule has 4 nitrogen and oxygen atoms in total. The monoisotopic (exact) mass is 238 g/mol. The number of rotatable bonds is 0. The van der Waals surface area contributed by atoms with Crippen molar-refractivity contribution >= 4 is 15.7 Å². The first-order valence-electron chi connectivity index (χ1n) is 5.47. The van der Waals surface area contributed by atoms with E-state index in [0.29, 0.717) is 10.7 Å². The number of nitrogens with zero attached hydrogens (tertiary/aromatic N) is 2. The number of hydrogen-bond donors (Lipinski definition) is 0. The fourth-order valence-electron chi connectivity index (χ4n) is 2.43. The number of fused-ring (bicyclic) bond motifs is 1. The van der Waals surface area contributed by atoms with Crippen LogP contribution in [0.25, 0.3) is 0 Å². The van der Waals surface area contributed by atoms with Crippen LogP contribution >= 0.6 is 0 Å². The Morgan fingerprint density at radius 1 is 1.38 bits per heavy atom. The number of sulfone groups is 1. The summed E-state index contributed by atoms with van der Waals surface area (Å²) in [6, 6.07) is 3.35. The highest BCUT2D eigenvalue weighted by Gasteiger charge is 2.50. The standard InChI is InChI=1S/C11H14N2O2S/c1-13-10-9(3-2-7-12-10)16(14,15)8-6-11(13)4-5-11/h2-3,7H,4-6,8H2,1H3. The van der Waals surface area contributed by atoms with Crippen LogP contribution in [0, 0.1) is 0 Å². The maximum atomic E-state index is 12.1. The summed E-state index contributed by atoms with van der Waals surface area (Å²) >= 11 is 0. The van der Waals surface area contributed by atoms with E-state index >= 15 is 0 Å². The van der Waals surface area contributed by atoms with Gasteiger partial charge in [-0.15, -0.1) is 0 Å². The molecule has 0 atom stereocenters. The lowest BCUT2D eigenvalue weighted by Gasteiger charge is -2.27. The Hall–Kier alpha value is -1.10. The molecule has 86 valence electrons. The van der Waals surface area contributed by atoms with Gasteiger partial charge in [-0.1, -0.05) is 0 Å². The molecule has 0 amide bonds. The predicted octanol–water partition coefficient (Wildman–Crippen LogP) is 1.23. The van der Waals surface area contributed by atoms with Gasteiger partial charge in [-0.3, -0.25) is 0 Å². The molecule has 0 unspecified atom stereocenters. The average Bonchev–Trinajstić information content (AvgIpc) is 3.06. The number of aromatic nitrogens is 1. The zero-order valence-corrected chi connectivity index (χ0v) is 10.00. The molecule has 1 spiro atoms. The summed E-state index contributed by atoms with van der Waals surface area (Å²) in [7, 11) is -1.19. The average molecular weight is 238 g/mol. The highest BCUT2D eigenvalue weighted by molar-refractivity contribution is 7.91. The molecule has 0 aromatic carbocycles. The maximum Gasteiger partial charge on any atom is 0.182 e. The molecular formula is C11H14N2O2S. The molecule has 5 heteroatoms. The predicted molar refractivity (Wildman–Crippen MR) is 61.3 cm³/mol. The van der Waals surface area contributed by atoms with Crippen molar-refractivity contribution in [2.75, 3.05) is 17.7 Å². The van der Waals surface area contributed by atoms with Gasteiger partial charge < -0.3 is 4.90 Å². The van der Waals surface area contributed by atoms with Crippen molar-refractivity contribution in [2.45, 2.75) is 29.7 Å². The second-order valence-corrected chi connectivity index (χ2v) is 6.75. The smallest absolute Gasteiger partial charge is 0.182 e. The fourth-order valence-corrected chi connectivity index (χ4v) is 4.06. The maximum absolute atomic E-state index is 12.1. The van der Waals surface area contributed by atoms with Gasteiger partial charge in [0.1, 0.15) is 10.7 Å². The lowest BCUT2D eigenvalue weighted by atomic mass is 10.1. The highest BCUT2D eigenvalue weighted by Crippen LogP contribution is 2.49. The lowest BCUT2D eigenvalue weighted by molar-refractivity contribution is 0.579. The third kappa shape index (κ3) is 1.27. The van der Waals surface area contributed by atoms with Crippen LogP contribution in [-0.2, 0) is 9.84 Å². The van der Waals surface area contributed by atoms with E-state index in [-0.39, 0.29) is 11.3 Å². The SMILES string of the molecule is CN1c2ncccc2S(=O)(=O)CCC12CC2. The van der Waals surface area contributed by atoms with Crippen molar-refractivity contribution in [3.8, 4) is 0 Å². The first kappa shape index (κ1) is 10.1. The van der Waals surface area contributed by atoms with Gasteiger partial charge in [0.05, 0.1) is 5.75 Å². The number of pyridine rings is 1. The summed E-state index contributed by atoms with van der Waals surface area (Å²) in [6.45, 7) is 0. The van der Waals surface area contributed by atoms with Crippen LogP contribution in [0.3, 0.4) is 0 Å². The molecule has 1 aromatic heterocycles. The normalized spacial score (nSPS) is 24.9. The Kier molecular flexibility index (Phi) is 1.87. The molecule has 2 aliphatic rings. The van der Waals surface area contributed by atoms with Crippen LogP contribution in [0.2, 0.25) is 0 Å². The van der Waals surface area contributed by atoms with E-state index in [1.54, 1.807) is 18.3 Å². The zero-order valence-electron chi connectivity index (χ0n) is 9.18. The molecule has 0 bridgehead atoms. The molecule has 1 saturated carbocycles. The molecule has 1 fully saturated rings. The third-order valence-electron chi connectivity index (χ3n) is 3.78. The summed E-state index contributed by atoms with van der Waals surface area (Å²) in [5, 5.41) is 0. The Balaban J connectivity index is 2.23. The van der Waals surface area contributed by atoms with Crippen LogP contribution in [-0.4, -0.2) is 31.7 Å². The molecule has 0 N–H and O–H groups in total. The Bertz CT molecular complexity index is 535. The highest BCUT2D eigenvalue weighted by atomic mass is 32.2. The van der Waals surface area contributed by atoms with Crippen LogP contribution in [0.4, 0.5) is 5.82 Å². The summed E-state index contributed by atoms with van der Waals surface area (Å²) in [6.07, 6.45) is 4.54. The summed E-state index contributed by atoms with van der Waals surface area (Å²) in [5.41, 5.74) is 0.0622. The van der Waals surface area contributed by atoms with Crippen molar-refractivity contribution in [1.82, 2.24) is 4.98 Å². The first-order valence-corrected chi connectivity index (χ1v) is 7.12. The minimum atomic E-state index is -3.15. The van der Waals surface area contributed by atoms with Crippen molar-refractivity contribution in [2.24, 2.45) is 0 Å². The second-order valence-electron chi connectivity index (χ2n) is 4.68. The third-order valence-corrected chi connectivity index (χ3v) is 5.51. The summed E-state index contributed by atoms with van der Waals surface area (Å²) in [5.74, 6) is 0.869. The van der Waals surface area contributed by atoms with E-state index in [2.05, 4.69) is 9.88 Å². The van der Waals surface area contributed by atoms with E-state index in [1.165, 1.54) is 0 Å². The van der Waals surface area contributed by atoms with E-state index in [0.717, 1.165) is 19.3 Å². The van der Waals surface area contributed by atoms with Gasteiger partial charge in [0, 0.05) is 18.8 Å². The van der Waals surface area contributed by atoms with Crippen LogP contribution in [0.15, 0.2) is 23.2 Å². The number of hydrogen-bond acceptors (Lipinski definition) is 4. The largest absolute Gasteiger partial charge is 0.353 e. The van der Waals surface area contributed by atoms with E-state index in [4.69, 9.17) is 0 Å². The van der Waals surface area contributed by atoms with Crippen molar-refractivity contribution in [3.05, 3.63) is 18.3 Å². The Morgan fingerprint density at radius 2 is 2.12 bits per heavy atom. The quantitative estimate of drug-likeness (QED) is 0.682. The molecular weight excluding hydrogens is 224 g/mol. The zero-order chi connectivity index (χ0) is 11.4. The van der Waals surface area contributed by atoms with Gasteiger partial charge in [0.2, 0.25) is 0 Å². The van der Waals surface area contributed by atoms with Crippen molar-refractivity contribution in [1.29, 1.82) is 0 Å². The molecule has 1 aliphatic heterocycles. The first-order chi connectivity index (χ1) is 7.55. The summed E-state index contributed by atoms with van der Waals surface area (Å²) < 4.78 is 24.2. The van der Waals surface area contributed by atoms with Gasteiger partial charge in [-0.2, -0.15) is 0 Å². The Labute approximate surface area is 95.2 Å². The molecule has 0 radical (unpaired) electrons. The molecule has 3 rings (SSSR count). The second kappa shape index (κ2) is 2.97. The molecule has 0 saturated heterocycles. The van der Waals surface area contributed by atoms with Crippen LogP contribution in [0.1, 0.15) is 19.3 Å². The molecule has 2 heterocycles. The van der Waals surface area contributed by atoms with Crippen molar-refractivity contribution < 1.29 is 8.42 Å². The van der Waals surface area contributed by atoms with E-state index < -0.39 is 9.84 Å². The molecule has 1 aromatic rings. The molecule has 16 heavy (non-hydrogen) atoms. The van der Waals surface area contributed by atoms with Crippen LogP contribution in [0.5, 0.6) is 0 Å². The van der Waals surface area contributed by atoms with E-state index in [1.807, 2.05) is 7.05 Å². The van der Waals surface area contributed by atoms with Gasteiger partial charge >= 0.3 is 0 Å². The van der Waals surface area contributed by atoms with Gasteiger partial charge in [0.25, 0.3) is 0 Å². The summed E-state index contributed by atoms with van der Waals surface area (Å²) in [4.78, 5) is 6.69. The topological polar surface area (TPSA) is 50.3 Å². The molecule has 1 aliphatic carbocycles. The van der Waals surface area contributed by atoms with Gasteiger partial charge in [-0.25, -0.2) is 13.4 Å². The minimum absolute atomic E-state index is 0.0622. The Morgan fingerprint density at radius 3 is 2.81 bits per heavy atom. The van der Waals surface area contributed by atoms with E-state index in [9.17, 15) is 8.42 Å². The number of anilines is 1. The van der Waals surface area contributed by atoms with Crippen LogP contribution < -0.4 is 4.90 Å². The van der Waals surface area contributed by atoms with Gasteiger partial charge in [0.15, 0.2) is 9.84 Å². The minimum Gasteiger partial charge on any atom is -0.353 e. The van der Waals surface area contributed by atoms with Crippen molar-refractivity contribution in [3.63, 3.8) is 0 Å².